The summed E-state index contributed by atoms with van der Waals surface area (Å²) in [5, 5.41) is 17.9. The second-order valence-electron chi connectivity index (χ2n) is 12.2. The van der Waals surface area contributed by atoms with Gasteiger partial charge in [0, 0.05) is 53.9 Å². The SMILES string of the molecule is Cn1cnnc1-c1cc(C#N)ccc1-c1cc(C2CC2)nc(N2Cc3c(F)cc(CN4CC[C@H]5COC[C@@H]54)cc3C2=O)c1. The van der Waals surface area contributed by atoms with Crippen molar-refractivity contribution >= 4 is 11.7 Å². The van der Waals surface area contributed by atoms with Crippen molar-refractivity contribution in [1.29, 1.82) is 5.26 Å². The molecule has 0 spiro atoms. The van der Waals surface area contributed by atoms with Gasteiger partial charge in [0.25, 0.3) is 5.91 Å². The number of aromatic nitrogens is 4. The molecule has 43 heavy (non-hydrogen) atoms. The zero-order chi connectivity index (χ0) is 29.2. The van der Waals surface area contributed by atoms with Crippen LogP contribution in [0.2, 0.25) is 0 Å². The first-order valence-electron chi connectivity index (χ1n) is 14.8. The summed E-state index contributed by atoms with van der Waals surface area (Å²) in [6.07, 6.45) is 4.79. The lowest BCUT2D eigenvalue weighted by molar-refractivity contribution is 0.0995. The van der Waals surface area contributed by atoms with Crippen LogP contribution < -0.4 is 4.90 Å². The molecule has 9 nitrogen and oxygen atoms in total. The van der Waals surface area contributed by atoms with E-state index in [1.807, 2.05) is 35.9 Å². The summed E-state index contributed by atoms with van der Waals surface area (Å²) in [6.45, 7) is 3.21. The molecule has 0 radical (unpaired) electrons. The van der Waals surface area contributed by atoms with E-state index in [0.717, 1.165) is 60.4 Å². The molecule has 2 aromatic carbocycles. The minimum absolute atomic E-state index is 0.132. The van der Waals surface area contributed by atoms with Crippen LogP contribution in [0.25, 0.3) is 22.5 Å². The van der Waals surface area contributed by atoms with E-state index in [2.05, 4.69) is 27.2 Å². The normalized spacial score (nSPS) is 21.3. The van der Waals surface area contributed by atoms with Crippen molar-refractivity contribution in [3.8, 4) is 28.6 Å². The number of aryl methyl sites for hydroxylation is 1. The van der Waals surface area contributed by atoms with Crippen LogP contribution in [0.15, 0.2) is 48.8 Å². The number of nitrogens with zero attached hydrogens (tertiary/aromatic N) is 7. The van der Waals surface area contributed by atoms with E-state index in [-0.39, 0.29) is 18.3 Å². The Balaban J connectivity index is 1.16. The zero-order valence-corrected chi connectivity index (χ0v) is 23.8. The lowest BCUT2D eigenvalue weighted by Crippen LogP contribution is -2.32. The number of likely N-dealkylation sites (tertiary alicyclic amines) is 1. The summed E-state index contributed by atoms with van der Waals surface area (Å²) in [7, 11) is 1.86. The number of pyridine rings is 1. The van der Waals surface area contributed by atoms with Gasteiger partial charge < -0.3 is 9.30 Å². The van der Waals surface area contributed by atoms with Crippen molar-refractivity contribution in [3.63, 3.8) is 0 Å². The molecule has 4 aliphatic rings. The Morgan fingerprint density at radius 3 is 2.74 bits per heavy atom. The molecule has 8 rings (SSSR count). The Labute approximate surface area is 248 Å². The Morgan fingerprint density at radius 1 is 1.07 bits per heavy atom. The van der Waals surface area contributed by atoms with Gasteiger partial charge in [-0.1, -0.05) is 6.07 Å². The Kier molecular flexibility index (Phi) is 6.13. The number of anilines is 1. The molecule has 1 aliphatic carbocycles. The second-order valence-corrected chi connectivity index (χ2v) is 12.2. The molecule has 3 aliphatic heterocycles. The molecule has 5 heterocycles. The van der Waals surface area contributed by atoms with Gasteiger partial charge in [-0.3, -0.25) is 14.6 Å². The van der Waals surface area contributed by atoms with E-state index in [1.165, 1.54) is 0 Å². The third-order valence-electron chi connectivity index (χ3n) is 9.37. The van der Waals surface area contributed by atoms with Gasteiger partial charge in [0.2, 0.25) is 0 Å². The maximum absolute atomic E-state index is 15.6. The van der Waals surface area contributed by atoms with Crippen molar-refractivity contribution in [2.24, 2.45) is 13.0 Å². The summed E-state index contributed by atoms with van der Waals surface area (Å²) in [5.41, 5.74) is 5.54. The van der Waals surface area contributed by atoms with Gasteiger partial charge in [0.05, 0.1) is 31.4 Å². The second kappa shape index (κ2) is 10.1. The number of hydrogen-bond acceptors (Lipinski definition) is 7. The first kappa shape index (κ1) is 26.2. The maximum atomic E-state index is 15.6. The molecule has 0 unspecified atom stereocenters. The Hall–Kier alpha value is -4.46. The largest absolute Gasteiger partial charge is 0.379 e. The molecule has 4 aromatic rings. The summed E-state index contributed by atoms with van der Waals surface area (Å²) in [4.78, 5) is 22.8. The minimum Gasteiger partial charge on any atom is -0.379 e. The summed E-state index contributed by atoms with van der Waals surface area (Å²) < 4.78 is 23.0. The Bertz CT molecular complexity index is 1820. The number of amides is 1. The lowest BCUT2D eigenvalue weighted by atomic mass is 9.96. The van der Waals surface area contributed by atoms with Gasteiger partial charge in [0.1, 0.15) is 18.0 Å². The average molecular weight is 576 g/mol. The van der Waals surface area contributed by atoms with Crippen LogP contribution in [0.3, 0.4) is 0 Å². The van der Waals surface area contributed by atoms with Crippen molar-refractivity contribution in [3.05, 3.63) is 82.6 Å². The molecule has 0 N–H and O–H groups in total. The molecule has 10 heteroatoms. The summed E-state index contributed by atoms with van der Waals surface area (Å²) >= 11 is 0. The van der Waals surface area contributed by atoms with E-state index in [1.54, 1.807) is 23.4 Å². The van der Waals surface area contributed by atoms with Gasteiger partial charge in [0.15, 0.2) is 5.82 Å². The van der Waals surface area contributed by atoms with Gasteiger partial charge in [-0.15, -0.1) is 10.2 Å². The van der Waals surface area contributed by atoms with Crippen LogP contribution in [-0.2, 0) is 24.9 Å². The van der Waals surface area contributed by atoms with Gasteiger partial charge in [-0.25, -0.2) is 9.37 Å². The summed E-state index contributed by atoms with van der Waals surface area (Å²) in [6, 6.07) is 15.5. The molecule has 2 atom stereocenters. The van der Waals surface area contributed by atoms with E-state index in [0.29, 0.717) is 59.4 Å². The quantitative estimate of drug-likeness (QED) is 0.325. The van der Waals surface area contributed by atoms with Gasteiger partial charge >= 0.3 is 0 Å². The van der Waals surface area contributed by atoms with E-state index in [4.69, 9.17) is 9.72 Å². The predicted octanol–water partition coefficient (Wildman–Crippen LogP) is 4.81. The highest BCUT2D eigenvalue weighted by Gasteiger charge is 2.39. The third-order valence-corrected chi connectivity index (χ3v) is 9.37. The minimum atomic E-state index is -0.350. The molecular weight excluding hydrogens is 545 g/mol. The fourth-order valence-corrected chi connectivity index (χ4v) is 6.89. The van der Waals surface area contributed by atoms with Crippen LogP contribution in [0, 0.1) is 23.1 Å². The lowest BCUT2D eigenvalue weighted by Gasteiger charge is -2.22. The third kappa shape index (κ3) is 4.51. The smallest absolute Gasteiger partial charge is 0.260 e. The number of rotatable bonds is 6. The fourth-order valence-electron chi connectivity index (χ4n) is 6.89. The van der Waals surface area contributed by atoms with Crippen LogP contribution in [0.4, 0.5) is 10.2 Å². The molecule has 0 bridgehead atoms. The fraction of sp³-hybridized carbons (Fsp3) is 0.364. The number of hydrogen-bond donors (Lipinski definition) is 0. The number of ether oxygens (including phenoxy) is 1. The van der Waals surface area contributed by atoms with Crippen molar-refractivity contribution in [2.75, 3.05) is 24.7 Å². The van der Waals surface area contributed by atoms with Gasteiger partial charge in [-0.05, 0) is 78.9 Å². The van der Waals surface area contributed by atoms with Crippen LogP contribution in [0.5, 0.6) is 0 Å². The highest BCUT2D eigenvalue weighted by Crippen LogP contribution is 2.43. The molecule has 216 valence electrons. The summed E-state index contributed by atoms with van der Waals surface area (Å²) in [5.74, 6) is 1.41. The number of fused-ring (bicyclic) bond motifs is 2. The van der Waals surface area contributed by atoms with Crippen molar-refractivity contribution < 1.29 is 13.9 Å². The molecular formula is C33H30FN7O2. The molecule has 1 amide bonds. The highest BCUT2D eigenvalue weighted by atomic mass is 19.1. The zero-order valence-electron chi connectivity index (χ0n) is 23.8. The van der Waals surface area contributed by atoms with E-state index < -0.39 is 0 Å². The number of carbonyl (C=O) groups is 1. The van der Waals surface area contributed by atoms with E-state index >= 15 is 4.39 Å². The molecule has 2 saturated heterocycles. The number of halogens is 1. The number of benzene rings is 2. The number of nitriles is 1. The highest BCUT2D eigenvalue weighted by molar-refractivity contribution is 6.10. The van der Waals surface area contributed by atoms with Crippen LogP contribution in [0.1, 0.15) is 57.9 Å². The topological polar surface area (TPSA) is 100 Å². The predicted molar refractivity (Wildman–Crippen MR) is 156 cm³/mol. The Morgan fingerprint density at radius 2 is 1.95 bits per heavy atom. The van der Waals surface area contributed by atoms with Crippen LogP contribution >= 0.6 is 0 Å². The molecule has 3 fully saturated rings. The monoisotopic (exact) mass is 575 g/mol. The van der Waals surface area contributed by atoms with Crippen LogP contribution in [-0.4, -0.2) is 56.4 Å². The van der Waals surface area contributed by atoms with Crippen molar-refractivity contribution in [1.82, 2.24) is 24.6 Å². The maximum Gasteiger partial charge on any atom is 0.260 e. The first-order chi connectivity index (χ1) is 21.0. The average Bonchev–Trinajstić information content (AvgIpc) is 3.26. The molecule has 2 aromatic heterocycles. The van der Waals surface area contributed by atoms with Gasteiger partial charge in [-0.2, -0.15) is 5.26 Å². The van der Waals surface area contributed by atoms with Crippen molar-refractivity contribution in [2.45, 2.75) is 44.3 Å². The number of carbonyl (C=O) groups excluding carboxylic acids is 1. The van der Waals surface area contributed by atoms with E-state index in [9.17, 15) is 10.1 Å². The first-order valence-corrected chi connectivity index (χ1v) is 14.8. The molecule has 1 saturated carbocycles. The standard InChI is InChI=1S/C33H30FN7O2/c1-39-18-36-38-32(39)25-8-19(13-35)2-5-24(25)23-11-29(21-3-4-21)37-31(12-23)41-15-27-26(33(41)42)9-20(10-28(27)34)14-40-7-6-22-16-43-17-30(22)40/h2,5,8-12,18,21-22,30H,3-4,6-7,14-17H2,1H3/t22-,30-/m0/s1.